The summed E-state index contributed by atoms with van der Waals surface area (Å²) >= 11 is 1.40. The van der Waals surface area contributed by atoms with Crippen molar-refractivity contribution in [2.45, 2.75) is 31.3 Å². The van der Waals surface area contributed by atoms with Gasteiger partial charge in [-0.15, -0.1) is 11.3 Å². The first-order valence-electron chi connectivity index (χ1n) is 6.47. The maximum absolute atomic E-state index is 12.6. The number of sulfonamides is 1. The predicted molar refractivity (Wildman–Crippen MR) is 77.7 cm³/mol. The summed E-state index contributed by atoms with van der Waals surface area (Å²) in [4.78, 5) is 3.42. The lowest BCUT2D eigenvalue weighted by atomic mass is 10.3. The van der Waals surface area contributed by atoms with Gasteiger partial charge in [0.2, 0.25) is 10.0 Å². The van der Waals surface area contributed by atoms with Gasteiger partial charge in [-0.3, -0.25) is 4.90 Å². The summed E-state index contributed by atoms with van der Waals surface area (Å²) in [5.41, 5.74) is 5.60. The van der Waals surface area contributed by atoms with Gasteiger partial charge in [-0.05, 0) is 25.3 Å². The van der Waals surface area contributed by atoms with E-state index in [0.717, 1.165) is 18.0 Å². The Hall–Kier alpha value is -0.470. The van der Waals surface area contributed by atoms with Crippen molar-refractivity contribution >= 4 is 21.4 Å². The quantitative estimate of drug-likeness (QED) is 0.898. The highest BCUT2D eigenvalue weighted by Gasteiger charge is 2.30. The van der Waals surface area contributed by atoms with Crippen molar-refractivity contribution in [1.82, 2.24) is 9.21 Å². The van der Waals surface area contributed by atoms with Crippen LogP contribution in [0, 0.1) is 0 Å². The third-order valence-electron chi connectivity index (χ3n) is 3.51. The van der Waals surface area contributed by atoms with E-state index in [1.807, 2.05) is 0 Å². The second kappa shape index (κ2) is 5.88. The van der Waals surface area contributed by atoms with Gasteiger partial charge in [0.25, 0.3) is 0 Å². The average molecular weight is 303 g/mol. The van der Waals surface area contributed by atoms with Crippen molar-refractivity contribution in [2.75, 3.05) is 26.2 Å². The van der Waals surface area contributed by atoms with Gasteiger partial charge in [0.15, 0.2) is 0 Å². The summed E-state index contributed by atoms with van der Waals surface area (Å²) in [6.45, 7) is 7.24. The lowest BCUT2D eigenvalue weighted by molar-refractivity contribution is 0.154. The Bertz CT molecular complexity index is 517. The van der Waals surface area contributed by atoms with E-state index >= 15 is 0 Å². The molecule has 2 N–H and O–H groups in total. The van der Waals surface area contributed by atoms with Gasteiger partial charge in [-0.1, -0.05) is 0 Å². The largest absolute Gasteiger partial charge is 0.326 e. The third-order valence-corrected chi connectivity index (χ3v) is 6.57. The number of thiophene rings is 1. The molecule has 1 aromatic heterocycles. The number of nitrogens with zero attached hydrogens (tertiary/aromatic N) is 2. The summed E-state index contributed by atoms with van der Waals surface area (Å²) in [5.74, 6) is 0. The number of nitrogens with two attached hydrogens (primary N) is 1. The van der Waals surface area contributed by atoms with Crippen LogP contribution in [-0.2, 0) is 16.6 Å². The minimum atomic E-state index is -3.37. The number of piperazine rings is 1. The van der Waals surface area contributed by atoms with E-state index < -0.39 is 10.0 Å². The molecule has 0 atom stereocenters. The highest BCUT2D eigenvalue weighted by molar-refractivity contribution is 7.89. The Balaban J connectivity index is 2.14. The second-order valence-corrected chi connectivity index (χ2v) is 7.85. The van der Waals surface area contributed by atoms with Crippen LogP contribution in [0.15, 0.2) is 16.3 Å². The van der Waals surface area contributed by atoms with Gasteiger partial charge in [-0.2, -0.15) is 4.31 Å². The molecule has 0 bridgehead atoms. The Morgan fingerprint density at radius 3 is 2.47 bits per heavy atom. The number of hydrogen-bond acceptors (Lipinski definition) is 5. The first-order chi connectivity index (χ1) is 8.96. The molecule has 108 valence electrons. The number of rotatable bonds is 4. The monoisotopic (exact) mass is 303 g/mol. The van der Waals surface area contributed by atoms with Crippen LogP contribution < -0.4 is 5.73 Å². The fourth-order valence-electron chi connectivity index (χ4n) is 2.31. The topological polar surface area (TPSA) is 66.6 Å². The van der Waals surface area contributed by atoms with Gasteiger partial charge >= 0.3 is 0 Å². The van der Waals surface area contributed by atoms with Gasteiger partial charge in [0.05, 0.1) is 4.90 Å². The van der Waals surface area contributed by atoms with E-state index in [1.165, 1.54) is 11.3 Å². The molecule has 5 nitrogen and oxygen atoms in total. The molecule has 1 saturated heterocycles. The molecule has 19 heavy (non-hydrogen) atoms. The molecule has 1 aliphatic rings. The zero-order chi connectivity index (χ0) is 14.0. The fraction of sp³-hybridized carbons (Fsp3) is 0.667. The maximum Gasteiger partial charge on any atom is 0.244 e. The van der Waals surface area contributed by atoms with E-state index in [-0.39, 0.29) is 6.54 Å². The van der Waals surface area contributed by atoms with Crippen LogP contribution in [0.5, 0.6) is 0 Å². The van der Waals surface area contributed by atoms with Crippen LogP contribution >= 0.6 is 11.3 Å². The molecule has 2 rings (SSSR count). The summed E-state index contributed by atoms with van der Waals surface area (Å²) in [5, 5.41) is 1.79. The summed E-state index contributed by atoms with van der Waals surface area (Å²) in [6, 6.07) is 2.13. The van der Waals surface area contributed by atoms with Crippen molar-refractivity contribution in [1.29, 1.82) is 0 Å². The Kier molecular flexibility index (Phi) is 4.62. The zero-order valence-corrected chi connectivity index (χ0v) is 13.0. The molecule has 0 spiro atoms. The molecular weight excluding hydrogens is 282 g/mol. The molecule has 0 aromatic carbocycles. The zero-order valence-electron chi connectivity index (χ0n) is 11.4. The van der Waals surface area contributed by atoms with Gasteiger partial charge < -0.3 is 5.73 Å². The van der Waals surface area contributed by atoms with Gasteiger partial charge in [0.1, 0.15) is 0 Å². The first-order valence-corrected chi connectivity index (χ1v) is 8.79. The lowest BCUT2D eigenvalue weighted by Crippen LogP contribution is -2.50. The standard InChI is InChI=1S/C12H21N3O2S2/c1-10(2)14-4-6-15(7-5-14)19(16,17)12-3-8-18-11(12)9-13/h3,8,10H,4-7,9,13H2,1-2H3. The number of hydrogen-bond donors (Lipinski definition) is 1. The smallest absolute Gasteiger partial charge is 0.244 e. The highest BCUT2D eigenvalue weighted by atomic mass is 32.2. The van der Waals surface area contributed by atoms with Crippen molar-refractivity contribution in [3.63, 3.8) is 0 Å². The van der Waals surface area contributed by atoms with E-state index in [1.54, 1.807) is 15.8 Å². The summed E-state index contributed by atoms with van der Waals surface area (Å²) < 4.78 is 26.7. The Morgan fingerprint density at radius 1 is 1.32 bits per heavy atom. The van der Waals surface area contributed by atoms with Gasteiger partial charge in [0, 0.05) is 43.6 Å². The predicted octanol–water partition coefficient (Wildman–Crippen LogP) is 0.921. The molecule has 0 aliphatic carbocycles. The molecule has 0 amide bonds. The van der Waals surface area contributed by atoms with E-state index in [2.05, 4.69) is 18.7 Å². The van der Waals surface area contributed by atoms with Crippen molar-refractivity contribution in [2.24, 2.45) is 5.73 Å². The molecule has 7 heteroatoms. The minimum absolute atomic E-state index is 0.276. The molecule has 0 saturated carbocycles. The van der Waals surface area contributed by atoms with Crippen LogP contribution in [0.25, 0.3) is 0 Å². The molecule has 2 heterocycles. The van der Waals surface area contributed by atoms with Crippen LogP contribution in [0.4, 0.5) is 0 Å². The van der Waals surface area contributed by atoms with E-state index in [9.17, 15) is 8.42 Å². The summed E-state index contributed by atoms with van der Waals surface area (Å²) in [7, 11) is -3.37. The third kappa shape index (κ3) is 3.00. The molecular formula is C12H21N3O2S2. The van der Waals surface area contributed by atoms with Crippen LogP contribution in [0.2, 0.25) is 0 Å². The molecule has 1 aromatic rings. The van der Waals surface area contributed by atoms with Crippen LogP contribution in [-0.4, -0.2) is 49.8 Å². The van der Waals surface area contributed by atoms with Crippen molar-refractivity contribution in [3.8, 4) is 0 Å². The van der Waals surface area contributed by atoms with E-state index in [4.69, 9.17) is 5.73 Å². The van der Waals surface area contributed by atoms with Crippen LogP contribution in [0.3, 0.4) is 0 Å². The summed E-state index contributed by atoms with van der Waals surface area (Å²) in [6.07, 6.45) is 0. The Morgan fingerprint density at radius 2 is 1.95 bits per heavy atom. The Labute approximate surface area is 119 Å². The molecule has 0 unspecified atom stereocenters. The molecule has 1 fully saturated rings. The highest BCUT2D eigenvalue weighted by Crippen LogP contribution is 2.25. The first kappa shape index (κ1) is 14.9. The normalized spacial score (nSPS) is 19.2. The maximum atomic E-state index is 12.6. The van der Waals surface area contributed by atoms with Gasteiger partial charge in [-0.25, -0.2) is 8.42 Å². The van der Waals surface area contributed by atoms with E-state index in [0.29, 0.717) is 24.0 Å². The second-order valence-electron chi connectivity index (χ2n) is 4.95. The minimum Gasteiger partial charge on any atom is -0.326 e. The molecule has 0 radical (unpaired) electrons. The van der Waals surface area contributed by atoms with Crippen molar-refractivity contribution in [3.05, 3.63) is 16.3 Å². The lowest BCUT2D eigenvalue weighted by Gasteiger charge is -2.36. The fourth-order valence-corrected chi connectivity index (χ4v) is 5.04. The van der Waals surface area contributed by atoms with Crippen LogP contribution in [0.1, 0.15) is 18.7 Å². The average Bonchev–Trinajstić information content (AvgIpc) is 2.87. The SMILES string of the molecule is CC(C)N1CCN(S(=O)(=O)c2ccsc2CN)CC1. The van der Waals surface area contributed by atoms with Crippen molar-refractivity contribution < 1.29 is 8.42 Å². The molecule has 1 aliphatic heterocycles.